The molecule has 0 radical (unpaired) electrons. The van der Waals surface area contributed by atoms with Crippen LogP contribution in [0.3, 0.4) is 0 Å². The molecule has 2 aliphatic heterocycles. The largest absolute Gasteiger partial charge is 0.402 e. The second kappa shape index (κ2) is 8.96. The van der Waals surface area contributed by atoms with Crippen LogP contribution in [0.2, 0.25) is 0 Å². The molecule has 5 N–H and O–H groups in total. The van der Waals surface area contributed by atoms with Gasteiger partial charge in [-0.1, -0.05) is 19.0 Å². The Kier molecular flexibility index (Phi) is 6.61. The highest BCUT2D eigenvalue weighted by Crippen LogP contribution is 2.32. The predicted molar refractivity (Wildman–Crippen MR) is 111 cm³/mol. The highest BCUT2D eigenvalue weighted by molar-refractivity contribution is 6.00. The number of hydrogen-bond donors (Lipinski definition) is 4. The summed E-state index contributed by atoms with van der Waals surface area (Å²) < 4.78 is 5.73. The van der Waals surface area contributed by atoms with Crippen LogP contribution in [-0.4, -0.2) is 55.5 Å². The lowest BCUT2D eigenvalue weighted by molar-refractivity contribution is 0.0249. The van der Waals surface area contributed by atoms with Gasteiger partial charge in [0, 0.05) is 37.9 Å². The molecule has 0 bridgehead atoms. The van der Waals surface area contributed by atoms with E-state index in [2.05, 4.69) is 29.6 Å². The van der Waals surface area contributed by atoms with Crippen molar-refractivity contribution in [3.05, 3.63) is 23.2 Å². The molecule has 0 aromatic heterocycles. The smallest absolute Gasteiger partial charge is 0.239 e. The van der Waals surface area contributed by atoms with Crippen molar-refractivity contribution in [2.75, 3.05) is 26.7 Å². The van der Waals surface area contributed by atoms with Crippen LogP contribution in [0, 0.1) is 17.2 Å². The average molecular weight is 391 g/mol. The maximum absolute atomic E-state index is 8.81. The van der Waals surface area contributed by atoms with Gasteiger partial charge >= 0.3 is 0 Å². The zero-order valence-electron chi connectivity index (χ0n) is 17.4. The zero-order chi connectivity index (χ0) is 20.3. The van der Waals surface area contributed by atoms with Crippen LogP contribution >= 0.6 is 0 Å². The van der Waals surface area contributed by atoms with Gasteiger partial charge < -0.3 is 30.8 Å². The van der Waals surface area contributed by atoms with E-state index in [4.69, 9.17) is 20.7 Å². The molecule has 2 fully saturated rings. The SMILES string of the molecule is CO[C@H]1CN(C(=N)C(/C=C(/C)N)=C2/NC(C3CC3)=NO2)CC[C@H]1NCC(C)C. The second-order valence-electron chi connectivity index (χ2n) is 8.36. The monoisotopic (exact) mass is 390 g/mol. The van der Waals surface area contributed by atoms with Gasteiger partial charge in [-0.2, -0.15) is 0 Å². The van der Waals surface area contributed by atoms with E-state index in [9.17, 15) is 0 Å². The van der Waals surface area contributed by atoms with E-state index in [1.165, 1.54) is 0 Å². The van der Waals surface area contributed by atoms with Crippen molar-refractivity contribution >= 4 is 11.7 Å². The number of methoxy groups -OCH3 is 1. The molecule has 0 aromatic rings. The molecule has 0 spiro atoms. The molecule has 3 rings (SSSR count). The van der Waals surface area contributed by atoms with Crippen LogP contribution in [0.15, 0.2) is 28.4 Å². The van der Waals surface area contributed by atoms with Crippen LogP contribution in [0.25, 0.3) is 0 Å². The Morgan fingerprint density at radius 3 is 2.82 bits per heavy atom. The highest BCUT2D eigenvalue weighted by Gasteiger charge is 2.35. The number of allylic oxidation sites excluding steroid dienone is 1. The van der Waals surface area contributed by atoms with Gasteiger partial charge in [0.1, 0.15) is 5.84 Å². The fourth-order valence-electron chi connectivity index (χ4n) is 3.53. The molecular formula is C20H34N6O2. The quantitative estimate of drug-likeness (QED) is 0.389. The fourth-order valence-corrected chi connectivity index (χ4v) is 3.53. The summed E-state index contributed by atoms with van der Waals surface area (Å²) in [6.07, 6.45) is 4.99. The Morgan fingerprint density at radius 1 is 1.46 bits per heavy atom. The van der Waals surface area contributed by atoms with Gasteiger partial charge in [-0.15, -0.1) is 0 Å². The van der Waals surface area contributed by atoms with E-state index in [0.29, 0.717) is 47.4 Å². The minimum absolute atomic E-state index is 0.0257. The Balaban J connectivity index is 1.70. The Hall–Kier alpha value is -2.06. The number of likely N-dealkylation sites (tertiary alicyclic amines) is 1. The average Bonchev–Trinajstić information content (AvgIpc) is 3.40. The summed E-state index contributed by atoms with van der Waals surface area (Å²) in [4.78, 5) is 7.56. The lowest BCUT2D eigenvalue weighted by Gasteiger charge is -2.39. The number of hydrogen-bond acceptors (Lipinski definition) is 7. The number of rotatable bonds is 7. The molecule has 2 heterocycles. The maximum Gasteiger partial charge on any atom is 0.239 e. The summed E-state index contributed by atoms with van der Waals surface area (Å²) in [6, 6.07) is 0.296. The van der Waals surface area contributed by atoms with Crippen molar-refractivity contribution in [3.8, 4) is 0 Å². The van der Waals surface area contributed by atoms with Crippen LogP contribution in [0.5, 0.6) is 0 Å². The molecule has 156 valence electrons. The number of nitrogens with one attached hydrogen (secondary N) is 3. The summed E-state index contributed by atoms with van der Waals surface area (Å²) in [5.74, 6) is 2.77. The first kappa shape index (κ1) is 20.7. The Morgan fingerprint density at radius 2 is 2.21 bits per heavy atom. The first-order valence-electron chi connectivity index (χ1n) is 10.2. The number of oxime groups is 1. The van der Waals surface area contributed by atoms with E-state index in [1.807, 2.05) is 11.8 Å². The normalized spacial score (nSPS) is 27.4. The summed E-state index contributed by atoms with van der Waals surface area (Å²) in [5.41, 5.74) is 7.18. The van der Waals surface area contributed by atoms with Crippen molar-refractivity contribution in [1.29, 1.82) is 5.41 Å². The minimum Gasteiger partial charge on any atom is -0.402 e. The van der Waals surface area contributed by atoms with E-state index >= 15 is 0 Å². The summed E-state index contributed by atoms with van der Waals surface area (Å²) >= 11 is 0. The van der Waals surface area contributed by atoms with Gasteiger partial charge in [0.15, 0.2) is 5.84 Å². The molecule has 8 heteroatoms. The number of amidine groups is 2. The van der Waals surface area contributed by atoms with Crippen molar-refractivity contribution < 1.29 is 9.57 Å². The molecule has 1 saturated carbocycles. The third kappa shape index (κ3) is 5.05. The highest BCUT2D eigenvalue weighted by atomic mass is 16.7. The third-order valence-corrected chi connectivity index (χ3v) is 5.28. The maximum atomic E-state index is 8.81. The first-order valence-corrected chi connectivity index (χ1v) is 10.2. The lowest BCUT2D eigenvalue weighted by atomic mass is 9.99. The fraction of sp³-hybridized carbons (Fsp3) is 0.700. The standard InChI is InChI=1S/C20H34N6O2/c1-12(2)10-23-16-7-8-26(11-17(16)27-4)18(22)15(9-13(3)21)20-24-19(25-28-20)14-5-6-14/h9,12,14,16-17,22-23H,5-8,10-11,21H2,1-4H3,(H,24,25)/b13-9-,20-15-,22-18?/t16-,17+/m1/s1. The molecule has 0 unspecified atom stereocenters. The Labute approximate surface area is 167 Å². The number of piperidine rings is 1. The van der Waals surface area contributed by atoms with Gasteiger partial charge in [0.2, 0.25) is 5.88 Å². The van der Waals surface area contributed by atoms with Gasteiger partial charge in [-0.3, -0.25) is 5.41 Å². The van der Waals surface area contributed by atoms with Crippen LogP contribution in [0.1, 0.15) is 40.0 Å². The zero-order valence-corrected chi connectivity index (χ0v) is 17.4. The topological polar surface area (TPSA) is 108 Å². The summed E-state index contributed by atoms with van der Waals surface area (Å²) in [7, 11) is 1.74. The van der Waals surface area contributed by atoms with Crippen molar-refractivity contribution in [1.82, 2.24) is 15.5 Å². The van der Waals surface area contributed by atoms with Crippen LogP contribution in [-0.2, 0) is 9.57 Å². The first-order chi connectivity index (χ1) is 13.4. The summed E-state index contributed by atoms with van der Waals surface area (Å²) in [6.45, 7) is 8.60. The lowest BCUT2D eigenvalue weighted by Crippen LogP contribution is -2.55. The van der Waals surface area contributed by atoms with Crippen LogP contribution in [0.4, 0.5) is 0 Å². The number of ether oxygens (including phenoxy) is 1. The van der Waals surface area contributed by atoms with E-state index in [-0.39, 0.29) is 6.10 Å². The van der Waals surface area contributed by atoms with Crippen LogP contribution < -0.4 is 16.4 Å². The van der Waals surface area contributed by atoms with Crippen molar-refractivity contribution in [2.24, 2.45) is 22.7 Å². The summed E-state index contributed by atoms with van der Waals surface area (Å²) in [5, 5.41) is 19.8. The molecule has 1 aliphatic carbocycles. The molecular weight excluding hydrogens is 356 g/mol. The number of nitrogens with two attached hydrogens (primary N) is 1. The predicted octanol–water partition coefficient (Wildman–Crippen LogP) is 1.72. The van der Waals surface area contributed by atoms with E-state index < -0.39 is 0 Å². The third-order valence-electron chi connectivity index (χ3n) is 5.28. The van der Waals surface area contributed by atoms with Gasteiger partial charge in [-0.05, 0) is 44.7 Å². The molecule has 0 aromatic carbocycles. The molecule has 3 aliphatic rings. The number of nitrogens with zero attached hydrogens (tertiary/aromatic N) is 2. The van der Waals surface area contributed by atoms with Gasteiger partial charge in [-0.25, -0.2) is 0 Å². The Bertz CT molecular complexity index is 676. The molecule has 2 atom stereocenters. The van der Waals surface area contributed by atoms with Gasteiger partial charge in [0.05, 0.1) is 11.7 Å². The van der Waals surface area contributed by atoms with Crippen molar-refractivity contribution in [3.63, 3.8) is 0 Å². The van der Waals surface area contributed by atoms with E-state index in [1.54, 1.807) is 13.2 Å². The van der Waals surface area contributed by atoms with Crippen molar-refractivity contribution in [2.45, 2.75) is 52.2 Å². The molecule has 8 nitrogen and oxygen atoms in total. The van der Waals surface area contributed by atoms with Gasteiger partial charge in [0.25, 0.3) is 0 Å². The molecule has 1 saturated heterocycles. The second-order valence-corrected chi connectivity index (χ2v) is 8.36. The molecule has 0 amide bonds. The van der Waals surface area contributed by atoms with E-state index in [0.717, 1.165) is 38.2 Å². The molecule has 28 heavy (non-hydrogen) atoms. The minimum atomic E-state index is 0.0257.